The van der Waals surface area contributed by atoms with Gasteiger partial charge in [0, 0.05) is 13.2 Å². The number of halogens is 1. The van der Waals surface area contributed by atoms with Crippen molar-refractivity contribution < 1.29 is 13.9 Å². The molecule has 27 heavy (non-hydrogen) atoms. The fraction of sp³-hybridized carbons (Fsp3) is 0.238. The van der Waals surface area contributed by atoms with Crippen LogP contribution in [-0.4, -0.2) is 40.8 Å². The summed E-state index contributed by atoms with van der Waals surface area (Å²) < 4.78 is 21.0. The molecule has 0 aliphatic carbocycles. The van der Waals surface area contributed by atoms with Gasteiger partial charge in [-0.15, -0.1) is 0 Å². The van der Waals surface area contributed by atoms with Crippen LogP contribution in [0.3, 0.4) is 0 Å². The Bertz CT molecular complexity index is 932. The van der Waals surface area contributed by atoms with Gasteiger partial charge in [-0.05, 0) is 55.3 Å². The van der Waals surface area contributed by atoms with E-state index in [0.717, 1.165) is 16.9 Å². The highest BCUT2D eigenvalue weighted by molar-refractivity contribution is 5.92. The molecule has 1 amide bonds. The average Bonchev–Trinajstić information content (AvgIpc) is 3.10. The van der Waals surface area contributed by atoms with Gasteiger partial charge in [0.15, 0.2) is 5.69 Å². The van der Waals surface area contributed by atoms with Gasteiger partial charge >= 0.3 is 0 Å². The molecular weight excluding hydrogens is 345 g/mol. The maximum absolute atomic E-state index is 13.9. The first kappa shape index (κ1) is 18.6. The molecule has 0 aliphatic heterocycles. The molecule has 6 heteroatoms. The maximum atomic E-state index is 13.9. The Hall–Kier alpha value is -3.15. The van der Waals surface area contributed by atoms with Crippen LogP contribution in [0.1, 0.15) is 21.6 Å². The van der Waals surface area contributed by atoms with E-state index in [2.05, 4.69) is 11.2 Å². The monoisotopic (exact) mass is 367 g/mol. The van der Waals surface area contributed by atoms with E-state index in [0.29, 0.717) is 18.8 Å². The van der Waals surface area contributed by atoms with Gasteiger partial charge in [-0.2, -0.15) is 5.10 Å². The van der Waals surface area contributed by atoms with E-state index >= 15 is 0 Å². The second kappa shape index (κ2) is 8.03. The molecule has 0 unspecified atom stereocenters. The Balaban J connectivity index is 1.60. The zero-order valence-electron chi connectivity index (χ0n) is 15.6. The molecule has 5 nitrogen and oxygen atoms in total. The SMILES string of the molecule is Cc1cc(C)cc(OCCN(C)C(=O)c2ccn(-c3ccccc3F)n2)c1. The van der Waals surface area contributed by atoms with Crippen molar-refractivity contribution in [3.63, 3.8) is 0 Å². The van der Waals surface area contributed by atoms with Crippen LogP contribution >= 0.6 is 0 Å². The van der Waals surface area contributed by atoms with Crippen molar-refractivity contribution in [1.82, 2.24) is 14.7 Å². The number of amides is 1. The van der Waals surface area contributed by atoms with Crippen molar-refractivity contribution in [2.24, 2.45) is 0 Å². The van der Waals surface area contributed by atoms with Crippen LogP contribution in [0.4, 0.5) is 4.39 Å². The lowest BCUT2D eigenvalue weighted by Gasteiger charge is -2.16. The number of aromatic nitrogens is 2. The van der Waals surface area contributed by atoms with Crippen LogP contribution in [0.5, 0.6) is 5.75 Å². The summed E-state index contributed by atoms with van der Waals surface area (Å²) in [7, 11) is 1.69. The minimum atomic E-state index is -0.394. The van der Waals surface area contributed by atoms with Gasteiger partial charge in [0.2, 0.25) is 0 Å². The lowest BCUT2D eigenvalue weighted by Crippen LogP contribution is -2.31. The summed E-state index contributed by atoms with van der Waals surface area (Å²) in [5, 5.41) is 4.20. The van der Waals surface area contributed by atoms with E-state index in [1.807, 2.05) is 26.0 Å². The van der Waals surface area contributed by atoms with Crippen molar-refractivity contribution in [2.45, 2.75) is 13.8 Å². The van der Waals surface area contributed by atoms with Gasteiger partial charge in [0.1, 0.15) is 23.9 Å². The number of carbonyl (C=O) groups is 1. The maximum Gasteiger partial charge on any atom is 0.274 e. The van der Waals surface area contributed by atoms with Crippen LogP contribution in [0.25, 0.3) is 5.69 Å². The van der Waals surface area contributed by atoms with Crippen LogP contribution in [0.15, 0.2) is 54.7 Å². The molecule has 0 N–H and O–H groups in total. The van der Waals surface area contributed by atoms with E-state index < -0.39 is 5.82 Å². The van der Waals surface area contributed by atoms with Crippen molar-refractivity contribution >= 4 is 5.91 Å². The minimum Gasteiger partial charge on any atom is -0.492 e. The fourth-order valence-corrected chi connectivity index (χ4v) is 2.82. The predicted octanol–water partition coefficient (Wildman–Crippen LogP) is 3.78. The molecule has 2 aromatic carbocycles. The lowest BCUT2D eigenvalue weighted by atomic mass is 10.1. The number of rotatable bonds is 6. The number of hydrogen-bond acceptors (Lipinski definition) is 3. The van der Waals surface area contributed by atoms with Crippen molar-refractivity contribution in [2.75, 3.05) is 20.2 Å². The largest absolute Gasteiger partial charge is 0.492 e. The molecule has 0 atom stereocenters. The molecule has 140 valence electrons. The summed E-state index contributed by atoms with van der Waals surface area (Å²) in [6.07, 6.45) is 1.57. The van der Waals surface area contributed by atoms with Gasteiger partial charge < -0.3 is 9.64 Å². The van der Waals surface area contributed by atoms with Gasteiger partial charge in [-0.25, -0.2) is 9.07 Å². The van der Waals surface area contributed by atoms with E-state index in [9.17, 15) is 9.18 Å². The summed E-state index contributed by atoms with van der Waals surface area (Å²) in [6.45, 7) is 4.82. The Labute approximate surface area is 158 Å². The third-order valence-corrected chi connectivity index (χ3v) is 4.14. The van der Waals surface area contributed by atoms with Gasteiger partial charge in [0.05, 0.1) is 6.54 Å². The molecule has 1 aromatic heterocycles. The first-order valence-electron chi connectivity index (χ1n) is 8.71. The molecule has 0 fully saturated rings. The number of likely N-dealkylation sites (N-methyl/N-ethyl adjacent to an activating group) is 1. The first-order valence-corrected chi connectivity index (χ1v) is 8.71. The second-order valence-electron chi connectivity index (χ2n) is 6.50. The minimum absolute atomic E-state index is 0.242. The molecule has 1 heterocycles. The van der Waals surface area contributed by atoms with Gasteiger partial charge in [-0.1, -0.05) is 18.2 Å². The Morgan fingerprint density at radius 1 is 1.15 bits per heavy atom. The molecule has 0 radical (unpaired) electrons. The standard InChI is InChI=1S/C21H22FN3O2/c1-15-12-16(2)14-17(13-15)27-11-10-24(3)21(26)19-8-9-25(23-19)20-7-5-4-6-18(20)22/h4-9,12-14H,10-11H2,1-3H3. The van der Waals surface area contributed by atoms with Gasteiger partial charge in [0.25, 0.3) is 5.91 Å². The lowest BCUT2D eigenvalue weighted by molar-refractivity contribution is 0.0767. The van der Waals surface area contributed by atoms with Gasteiger partial charge in [-0.3, -0.25) is 4.79 Å². The zero-order chi connectivity index (χ0) is 19.4. The van der Waals surface area contributed by atoms with Crippen molar-refractivity contribution in [3.05, 3.63) is 77.4 Å². The van der Waals surface area contributed by atoms with E-state index in [-0.39, 0.29) is 11.6 Å². The topological polar surface area (TPSA) is 47.4 Å². The van der Waals surface area contributed by atoms with Crippen LogP contribution < -0.4 is 4.74 Å². The molecule has 0 saturated carbocycles. The number of hydrogen-bond donors (Lipinski definition) is 0. The zero-order valence-corrected chi connectivity index (χ0v) is 15.6. The van der Waals surface area contributed by atoms with Crippen LogP contribution in [0.2, 0.25) is 0 Å². The molecule has 0 spiro atoms. The van der Waals surface area contributed by atoms with Crippen molar-refractivity contribution in [1.29, 1.82) is 0 Å². The average molecular weight is 367 g/mol. The van der Waals surface area contributed by atoms with E-state index in [4.69, 9.17) is 4.74 Å². The summed E-state index contributed by atoms with van der Waals surface area (Å²) in [5.74, 6) is 0.154. The smallest absolute Gasteiger partial charge is 0.274 e. The summed E-state index contributed by atoms with van der Waals surface area (Å²) >= 11 is 0. The highest BCUT2D eigenvalue weighted by Crippen LogP contribution is 2.16. The van der Waals surface area contributed by atoms with Crippen LogP contribution in [-0.2, 0) is 0 Å². The molecule has 3 rings (SSSR count). The Morgan fingerprint density at radius 3 is 2.56 bits per heavy atom. The second-order valence-corrected chi connectivity index (χ2v) is 6.50. The highest BCUT2D eigenvalue weighted by Gasteiger charge is 2.16. The number of carbonyl (C=O) groups excluding carboxylic acids is 1. The molecule has 0 bridgehead atoms. The molecular formula is C21H22FN3O2. The number of para-hydroxylation sites is 1. The molecule has 0 aliphatic rings. The molecule has 3 aromatic rings. The molecule has 0 saturated heterocycles. The number of benzene rings is 2. The third-order valence-electron chi connectivity index (χ3n) is 4.14. The van der Waals surface area contributed by atoms with E-state index in [1.54, 1.807) is 37.5 Å². The Kier molecular flexibility index (Phi) is 5.54. The Morgan fingerprint density at radius 2 is 1.85 bits per heavy atom. The fourth-order valence-electron chi connectivity index (χ4n) is 2.82. The number of nitrogens with zero attached hydrogens (tertiary/aromatic N) is 3. The van der Waals surface area contributed by atoms with Crippen molar-refractivity contribution in [3.8, 4) is 11.4 Å². The summed E-state index contributed by atoms with van der Waals surface area (Å²) in [6, 6.07) is 13.9. The first-order chi connectivity index (χ1) is 12.9. The highest BCUT2D eigenvalue weighted by atomic mass is 19.1. The summed E-state index contributed by atoms with van der Waals surface area (Å²) in [4.78, 5) is 14.1. The number of ether oxygens (including phenoxy) is 1. The third kappa shape index (κ3) is 4.53. The normalized spacial score (nSPS) is 10.7. The number of aryl methyl sites for hydroxylation is 2. The van der Waals surface area contributed by atoms with Crippen LogP contribution in [0, 0.1) is 19.7 Å². The summed E-state index contributed by atoms with van der Waals surface area (Å²) in [5.41, 5.74) is 2.82. The van der Waals surface area contributed by atoms with E-state index in [1.165, 1.54) is 15.6 Å². The quantitative estimate of drug-likeness (QED) is 0.666. The predicted molar refractivity (Wildman–Crippen MR) is 102 cm³/mol.